The molecule has 1 heterocycles. The number of aliphatic hydroxyl groups is 1. The van der Waals surface area contributed by atoms with E-state index in [1.54, 1.807) is 7.11 Å². The normalized spacial score (nSPS) is 24.6. The van der Waals surface area contributed by atoms with Gasteiger partial charge in [0.2, 0.25) is 0 Å². The number of unbranched alkanes of at least 4 members (excludes halogenated alkanes) is 3. The van der Waals surface area contributed by atoms with Crippen LogP contribution in [0.2, 0.25) is 0 Å². The Morgan fingerprint density at radius 3 is 2.64 bits per heavy atom. The van der Waals surface area contributed by atoms with Gasteiger partial charge in [-0.15, -0.1) is 0 Å². The molecule has 0 aromatic heterocycles. The van der Waals surface area contributed by atoms with Crippen LogP contribution in [0.1, 0.15) is 51.0 Å². The van der Waals surface area contributed by atoms with E-state index in [9.17, 15) is 5.11 Å². The van der Waals surface area contributed by atoms with Crippen molar-refractivity contribution < 1.29 is 19.3 Å². The molecule has 4 heteroatoms. The number of hydrogen-bond donors (Lipinski definition) is 1. The van der Waals surface area contributed by atoms with Crippen LogP contribution < -0.4 is 4.74 Å². The number of methoxy groups -OCH3 is 1. The van der Waals surface area contributed by atoms with Gasteiger partial charge < -0.3 is 19.3 Å². The van der Waals surface area contributed by atoms with Crippen molar-refractivity contribution in [3.05, 3.63) is 29.8 Å². The summed E-state index contributed by atoms with van der Waals surface area (Å²) in [6.45, 7) is 2.69. The Kier molecular flexibility index (Phi) is 7.16. The number of hydrogen-bond acceptors (Lipinski definition) is 4. The zero-order valence-electron chi connectivity index (χ0n) is 13.7. The minimum Gasteiger partial charge on any atom is -0.497 e. The van der Waals surface area contributed by atoms with E-state index >= 15 is 0 Å². The lowest BCUT2D eigenvalue weighted by Crippen LogP contribution is -2.20. The van der Waals surface area contributed by atoms with Crippen molar-refractivity contribution in [3.8, 4) is 5.75 Å². The molecule has 0 radical (unpaired) electrons. The predicted molar refractivity (Wildman–Crippen MR) is 85.8 cm³/mol. The van der Waals surface area contributed by atoms with E-state index in [-0.39, 0.29) is 12.4 Å². The minimum atomic E-state index is -0.400. The zero-order valence-corrected chi connectivity index (χ0v) is 13.7. The van der Waals surface area contributed by atoms with Gasteiger partial charge >= 0.3 is 0 Å². The van der Waals surface area contributed by atoms with Gasteiger partial charge in [-0.2, -0.15) is 0 Å². The molecule has 124 valence electrons. The third-order valence-corrected chi connectivity index (χ3v) is 4.13. The maximum Gasteiger partial charge on any atom is 0.161 e. The average molecular weight is 308 g/mol. The van der Waals surface area contributed by atoms with Crippen molar-refractivity contribution in [3.63, 3.8) is 0 Å². The Morgan fingerprint density at radius 2 is 1.95 bits per heavy atom. The molecule has 4 nitrogen and oxygen atoms in total. The van der Waals surface area contributed by atoms with Gasteiger partial charge in [0, 0.05) is 6.42 Å². The first-order valence-electron chi connectivity index (χ1n) is 8.31. The summed E-state index contributed by atoms with van der Waals surface area (Å²) in [5, 5.41) is 10.1. The largest absolute Gasteiger partial charge is 0.497 e. The van der Waals surface area contributed by atoms with E-state index < -0.39 is 6.10 Å². The van der Waals surface area contributed by atoms with E-state index in [0.717, 1.165) is 24.2 Å². The van der Waals surface area contributed by atoms with Crippen LogP contribution in [0.3, 0.4) is 0 Å². The Balaban J connectivity index is 1.70. The topological polar surface area (TPSA) is 47.9 Å². The van der Waals surface area contributed by atoms with Crippen molar-refractivity contribution in [1.82, 2.24) is 0 Å². The Hall–Kier alpha value is -1.10. The molecule has 22 heavy (non-hydrogen) atoms. The lowest BCUT2D eigenvalue weighted by molar-refractivity contribution is -0.143. The summed E-state index contributed by atoms with van der Waals surface area (Å²) in [7, 11) is 1.65. The molecule has 1 aliphatic heterocycles. The lowest BCUT2D eigenvalue weighted by atomic mass is 10.1. The fraction of sp³-hybridized carbons (Fsp3) is 0.667. The number of benzene rings is 1. The quantitative estimate of drug-likeness (QED) is 0.707. The second kappa shape index (κ2) is 9.13. The molecule has 0 unspecified atom stereocenters. The monoisotopic (exact) mass is 308 g/mol. The summed E-state index contributed by atoms with van der Waals surface area (Å²) in [5.74, 6) is 0.837. The summed E-state index contributed by atoms with van der Waals surface area (Å²) < 4.78 is 16.7. The highest BCUT2D eigenvalue weighted by molar-refractivity contribution is 5.26. The summed E-state index contributed by atoms with van der Waals surface area (Å²) in [6.07, 6.45) is 5.51. The van der Waals surface area contributed by atoms with Crippen LogP contribution >= 0.6 is 0 Å². The predicted octanol–water partition coefficient (Wildman–Crippen LogP) is 3.66. The highest BCUT2D eigenvalue weighted by atomic mass is 16.7. The molecule has 3 atom stereocenters. The first kappa shape index (κ1) is 17.3. The molecule has 0 saturated carbocycles. The van der Waals surface area contributed by atoms with E-state index in [2.05, 4.69) is 6.92 Å². The molecular weight excluding hydrogens is 280 g/mol. The second-order valence-corrected chi connectivity index (χ2v) is 5.92. The second-order valence-electron chi connectivity index (χ2n) is 5.92. The van der Waals surface area contributed by atoms with Crippen LogP contribution in [-0.2, 0) is 16.1 Å². The van der Waals surface area contributed by atoms with Gasteiger partial charge in [-0.1, -0.05) is 44.7 Å². The summed E-state index contributed by atoms with van der Waals surface area (Å²) >= 11 is 0. The Labute approximate surface area is 133 Å². The van der Waals surface area contributed by atoms with Crippen LogP contribution in [-0.4, -0.2) is 30.7 Å². The number of rotatable bonds is 9. The van der Waals surface area contributed by atoms with Crippen molar-refractivity contribution in [2.24, 2.45) is 0 Å². The fourth-order valence-corrected chi connectivity index (χ4v) is 2.74. The Bertz CT molecular complexity index is 418. The molecule has 1 N–H and O–H groups in total. The average Bonchev–Trinajstić information content (AvgIpc) is 2.90. The first-order valence-corrected chi connectivity index (χ1v) is 8.31. The van der Waals surface area contributed by atoms with Gasteiger partial charge in [-0.3, -0.25) is 0 Å². The highest BCUT2D eigenvalue weighted by Crippen LogP contribution is 2.26. The van der Waals surface area contributed by atoms with E-state index in [4.69, 9.17) is 14.2 Å². The van der Waals surface area contributed by atoms with Crippen molar-refractivity contribution in [2.45, 2.75) is 70.6 Å². The van der Waals surface area contributed by atoms with Gasteiger partial charge in [0.1, 0.15) is 5.75 Å². The fourth-order valence-electron chi connectivity index (χ4n) is 2.74. The van der Waals surface area contributed by atoms with Crippen molar-refractivity contribution in [2.75, 3.05) is 7.11 Å². The third-order valence-electron chi connectivity index (χ3n) is 4.13. The van der Waals surface area contributed by atoms with Gasteiger partial charge in [-0.25, -0.2) is 0 Å². The molecule has 1 fully saturated rings. The van der Waals surface area contributed by atoms with Gasteiger partial charge in [0.25, 0.3) is 0 Å². The smallest absolute Gasteiger partial charge is 0.161 e. The minimum absolute atomic E-state index is 0.0716. The van der Waals surface area contributed by atoms with E-state index in [1.165, 1.54) is 19.3 Å². The van der Waals surface area contributed by atoms with Crippen molar-refractivity contribution in [1.29, 1.82) is 0 Å². The zero-order chi connectivity index (χ0) is 15.8. The maximum atomic E-state index is 10.1. The molecule has 1 aromatic carbocycles. The molecule has 0 spiro atoms. The summed E-state index contributed by atoms with van der Waals surface area (Å²) in [5.41, 5.74) is 1.07. The molecule has 1 saturated heterocycles. The molecule has 2 rings (SSSR count). The SMILES string of the molecule is CCCCCC[C@H]1O[C@H](OCc2ccc(OC)cc2)C[C@H]1O. The number of ether oxygens (including phenoxy) is 3. The van der Waals surface area contributed by atoms with E-state index in [1.807, 2.05) is 24.3 Å². The number of aliphatic hydroxyl groups excluding tert-OH is 1. The van der Waals surface area contributed by atoms with Crippen molar-refractivity contribution >= 4 is 0 Å². The lowest BCUT2D eigenvalue weighted by Gasteiger charge is -2.15. The van der Waals surface area contributed by atoms with Crippen LogP contribution in [0.25, 0.3) is 0 Å². The highest BCUT2D eigenvalue weighted by Gasteiger charge is 2.33. The van der Waals surface area contributed by atoms with Crippen LogP contribution in [0, 0.1) is 0 Å². The standard InChI is InChI=1S/C18H28O4/c1-3-4-5-6-7-17-16(19)12-18(22-17)21-13-14-8-10-15(20-2)11-9-14/h8-11,16-19H,3-7,12-13H2,1-2H3/t16-,17-,18+/m1/s1. The molecular formula is C18H28O4. The van der Waals surface area contributed by atoms with Crippen LogP contribution in [0.15, 0.2) is 24.3 Å². The van der Waals surface area contributed by atoms with Crippen LogP contribution in [0.5, 0.6) is 5.75 Å². The molecule has 0 aliphatic carbocycles. The summed E-state index contributed by atoms with van der Waals surface area (Å²) in [4.78, 5) is 0. The van der Waals surface area contributed by atoms with E-state index in [0.29, 0.717) is 13.0 Å². The molecule has 0 amide bonds. The third kappa shape index (κ3) is 5.27. The first-order chi connectivity index (χ1) is 10.7. The van der Waals surface area contributed by atoms with Gasteiger partial charge in [0.15, 0.2) is 6.29 Å². The summed E-state index contributed by atoms with van der Waals surface area (Å²) in [6, 6.07) is 7.79. The maximum absolute atomic E-state index is 10.1. The molecule has 1 aromatic rings. The molecule has 1 aliphatic rings. The van der Waals surface area contributed by atoms with Gasteiger partial charge in [0.05, 0.1) is 25.9 Å². The molecule has 0 bridgehead atoms. The van der Waals surface area contributed by atoms with Crippen LogP contribution in [0.4, 0.5) is 0 Å². The Morgan fingerprint density at radius 1 is 1.18 bits per heavy atom. The van der Waals surface area contributed by atoms with Gasteiger partial charge in [-0.05, 0) is 24.1 Å².